The lowest BCUT2D eigenvalue weighted by molar-refractivity contribution is -0.154. The first-order valence-corrected chi connectivity index (χ1v) is 8.95. The van der Waals surface area contributed by atoms with Gasteiger partial charge in [-0.2, -0.15) is 18.3 Å². The molecule has 1 aromatic heterocycles. The summed E-state index contributed by atoms with van der Waals surface area (Å²) in [7, 11) is 0. The highest BCUT2D eigenvalue weighted by Gasteiger charge is 2.60. The highest BCUT2D eigenvalue weighted by molar-refractivity contribution is 5.71. The van der Waals surface area contributed by atoms with E-state index in [1.165, 1.54) is 12.3 Å². The molecule has 2 unspecified atom stereocenters. The second-order valence-corrected chi connectivity index (χ2v) is 6.71. The van der Waals surface area contributed by atoms with E-state index < -0.39 is 30.4 Å². The van der Waals surface area contributed by atoms with Gasteiger partial charge >= 0.3 is 12.1 Å². The minimum absolute atomic E-state index is 0.151. The molecule has 0 saturated heterocycles. The number of nitrogens with zero attached hydrogens (tertiary/aromatic N) is 2. The summed E-state index contributed by atoms with van der Waals surface area (Å²) in [6.45, 7) is 0.484. The molecule has 3 rings (SSSR count). The summed E-state index contributed by atoms with van der Waals surface area (Å²) in [6.07, 6.45) is -2.88. The van der Waals surface area contributed by atoms with Crippen molar-refractivity contribution < 1.29 is 32.5 Å². The molecule has 28 heavy (non-hydrogen) atoms. The fraction of sp³-hybridized carbons (Fsp3) is 0.474. The van der Waals surface area contributed by atoms with E-state index in [-0.39, 0.29) is 25.1 Å². The third-order valence-corrected chi connectivity index (χ3v) is 4.48. The van der Waals surface area contributed by atoms with Crippen molar-refractivity contribution in [2.45, 2.75) is 57.2 Å². The van der Waals surface area contributed by atoms with E-state index in [9.17, 15) is 23.1 Å². The van der Waals surface area contributed by atoms with Gasteiger partial charge in [0.05, 0.1) is 5.69 Å². The van der Waals surface area contributed by atoms with Gasteiger partial charge in [-0.25, -0.2) is 0 Å². The topological polar surface area (TPSA) is 73.6 Å². The SMILES string of the molecule is CCCC(=O)OC1(c2ccccc2OCc2ccnn2CC(F)(F)F)CC1O. The molecular weight excluding hydrogens is 377 g/mol. The van der Waals surface area contributed by atoms with Crippen LogP contribution < -0.4 is 4.74 Å². The Bertz CT molecular complexity index is 837. The summed E-state index contributed by atoms with van der Waals surface area (Å²) in [5, 5.41) is 13.8. The number of aliphatic hydroxyl groups excluding tert-OH is 1. The Kier molecular flexibility index (Phi) is 5.64. The Morgan fingerprint density at radius 1 is 1.36 bits per heavy atom. The van der Waals surface area contributed by atoms with Crippen LogP contribution >= 0.6 is 0 Å². The van der Waals surface area contributed by atoms with Gasteiger partial charge < -0.3 is 14.6 Å². The van der Waals surface area contributed by atoms with Crippen LogP contribution in [0, 0.1) is 0 Å². The van der Waals surface area contributed by atoms with Gasteiger partial charge in [0.2, 0.25) is 0 Å². The molecule has 1 aromatic carbocycles. The summed E-state index contributed by atoms with van der Waals surface area (Å²) in [5.74, 6) is -0.0831. The molecule has 9 heteroatoms. The molecule has 1 N–H and O–H groups in total. The number of benzene rings is 1. The molecule has 0 amide bonds. The largest absolute Gasteiger partial charge is 0.487 e. The van der Waals surface area contributed by atoms with Crippen molar-refractivity contribution in [3.63, 3.8) is 0 Å². The van der Waals surface area contributed by atoms with Crippen LogP contribution in [-0.2, 0) is 28.3 Å². The molecule has 152 valence electrons. The summed E-state index contributed by atoms with van der Waals surface area (Å²) in [4.78, 5) is 12.0. The number of aliphatic hydroxyl groups is 1. The van der Waals surface area contributed by atoms with Crippen LogP contribution in [0.4, 0.5) is 13.2 Å². The molecule has 2 atom stereocenters. The minimum Gasteiger partial charge on any atom is -0.487 e. The molecule has 2 aromatic rings. The number of rotatable bonds is 8. The Hall–Kier alpha value is -2.55. The van der Waals surface area contributed by atoms with Crippen LogP contribution in [0.15, 0.2) is 36.5 Å². The quantitative estimate of drug-likeness (QED) is 0.691. The molecule has 1 saturated carbocycles. The zero-order valence-corrected chi connectivity index (χ0v) is 15.3. The normalized spacial score (nSPS) is 21.4. The average Bonchev–Trinajstić information content (AvgIpc) is 3.05. The molecule has 6 nitrogen and oxygen atoms in total. The lowest BCUT2D eigenvalue weighted by Crippen LogP contribution is -2.23. The van der Waals surface area contributed by atoms with E-state index in [2.05, 4.69) is 5.10 Å². The summed E-state index contributed by atoms with van der Waals surface area (Å²) < 4.78 is 50.0. The summed E-state index contributed by atoms with van der Waals surface area (Å²) in [5.41, 5.74) is -0.427. The van der Waals surface area contributed by atoms with Gasteiger partial charge in [0, 0.05) is 24.6 Å². The van der Waals surface area contributed by atoms with E-state index in [0.717, 1.165) is 4.68 Å². The molecule has 1 fully saturated rings. The average molecular weight is 398 g/mol. The van der Waals surface area contributed by atoms with Gasteiger partial charge in [-0.15, -0.1) is 0 Å². The van der Waals surface area contributed by atoms with Crippen molar-refractivity contribution in [1.29, 1.82) is 0 Å². The van der Waals surface area contributed by atoms with E-state index in [1.807, 2.05) is 6.92 Å². The first-order valence-electron chi connectivity index (χ1n) is 8.95. The van der Waals surface area contributed by atoms with Crippen molar-refractivity contribution in [3.05, 3.63) is 47.8 Å². The van der Waals surface area contributed by atoms with Gasteiger partial charge in [0.15, 0.2) is 5.60 Å². The van der Waals surface area contributed by atoms with Crippen molar-refractivity contribution >= 4 is 5.97 Å². The van der Waals surface area contributed by atoms with Crippen LogP contribution in [0.3, 0.4) is 0 Å². The predicted molar refractivity (Wildman–Crippen MR) is 92.4 cm³/mol. The highest BCUT2D eigenvalue weighted by Crippen LogP contribution is 2.52. The van der Waals surface area contributed by atoms with Crippen molar-refractivity contribution in [1.82, 2.24) is 9.78 Å². The lowest BCUT2D eigenvalue weighted by atomic mass is 10.1. The number of hydrogen-bond donors (Lipinski definition) is 1. The number of carbonyl (C=O) groups excluding carboxylic acids is 1. The van der Waals surface area contributed by atoms with Crippen molar-refractivity contribution in [3.8, 4) is 5.75 Å². The van der Waals surface area contributed by atoms with E-state index >= 15 is 0 Å². The first-order chi connectivity index (χ1) is 13.2. The minimum atomic E-state index is -4.39. The molecule has 1 aliphatic carbocycles. The summed E-state index contributed by atoms with van der Waals surface area (Å²) in [6, 6.07) is 8.16. The maximum atomic E-state index is 12.6. The van der Waals surface area contributed by atoms with E-state index in [0.29, 0.717) is 17.7 Å². The standard InChI is InChI=1S/C19H21F3N2O4/c1-2-5-17(26)28-18(10-16(18)25)14-6-3-4-7-15(14)27-11-13-8-9-23-24(13)12-19(20,21)22/h3-4,6-9,16,25H,2,5,10-12H2,1H3. The fourth-order valence-corrected chi connectivity index (χ4v) is 3.03. The van der Waals surface area contributed by atoms with Crippen LogP contribution in [-0.4, -0.2) is 33.1 Å². The molecule has 0 aliphatic heterocycles. The second kappa shape index (κ2) is 7.83. The van der Waals surface area contributed by atoms with Gasteiger partial charge in [-0.05, 0) is 18.6 Å². The smallest absolute Gasteiger partial charge is 0.408 e. The van der Waals surface area contributed by atoms with Crippen LogP contribution in [0.1, 0.15) is 37.4 Å². The number of hydrogen-bond acceptors (Lipinski definition) is 5. The molecular formula is C19H21F3N2O4. The molecule has 1 heterocycles. The maximum absolute atomic E-state index is 12.6. The van der Waals surface area contributed by atoms with Gasteiger partial charge in [0.1, 0.15) is 25.0 Å². The second-order valence-electron chi connectivity index (χ2n) is 6.71. The summed E-state index contributed by atoms with van der Waals surface area (Å²) >= 11 is 0. The number of para-hydroxylation sites is 1. The first kappa shape index (κ1) is 20.2. The van der Waals surface area contributed by atoms with Crippen molar-refractivity contribution in [2.75, 3.05) is 0 Å². The Morgan fingerprint density at radius 2 is 2.07 bits per heavy atom. The highest BCUT2D eigenvalue weighted by atomic mass is 19.4. The zero-order valence-electron chi connectivity index (χ0n) is 15.3. The molecule has 1 aliphatic rings. The number of esters is 1. The Labute approximate surface area is 159 Å². The zero-order chi connectivity index (χ0) is 20.4. The number of halogens is 3. The fourth-order valence-electron chi connectivity index (χ4n) is 3.03. The van der Waals surface area contributed by atoms with Crippen molar-refractivity contribution in [2.24, 2.45) is 0 Å². The third kappa shape index (κ3) is 4.46. The maximum Gasteiger partial charge on any atom is 0.408 e. The van der Waals surface area contributed by atoms with Crippen LogP contribution in [0.25, 0.3) is 0 Å². The molecule has 0 spiro atoms. The predicted octanol–water partition coefficient (Wildman–Crippen LogP) is 3.33. The monoisotopic (exact) mass is 398 g/mol. The van der Waals surface area contributed by atoms with E-state index in [4.69, 9.17) is 9.47 Å². The molecule has 0 radical (unpaired) electrons. The van der Waals surface area contributed by atoms with Crippen LogP contribution in [0.5, 0.6) is 5.75 Å². The van der Waals surface area contributed by atoms with E-state index in [1.54, 1.807) is 24.3 Å². The Morgan fingerprint density at radius 3 is 2.71 bits per heavy atom. The molecule has 0 bridgehead atoms. The van der Waals surface area contributed by atoms with Gasteiger partial charge in [-0.1, -0.05) is 25.1 Å². The number of ether oxygens (including phenoxy) is 2. The van der Waals surface area contributed by atoms with Crippen LogP contribution in [0.2, 0.25) is 0 Å². The van der Waals surface area contributed by atoms with Gasteiger partial charge in [0.25, 0.3) is 0 Å². The lowest BCUT2D eigenvalue weighted by Gasteiger charge is -2.21. The number of alkyl halides is 3. The number of carbonyl (C=O) groups is 1. The van der Waals surface area contributed by atoms with Gasteiger partial charge in [-0.3, -0.25) is 9.48 Å². The number of aromatic nitrogens is 2. The third-order valence-electron chi connectivity index (χ3n) is 4.48. The Balaban J connectivity index is 1.77.